The summed E-state index contributed by atoms with van der Waals surface area (Å²) in [5.74, 6) is 0. The van der Waals surface area contributed by atoms with Crippen LogP contribution >= 0.6 is 11.3 Å². The van der Waals surface area contributed by atoms with E-state index in [1.165, 1.54) is 23.5 Å². The van der Waals surface area contributed by atoms with Crippen LogP contribution in [0.25, 0.3) is 11.3 Å². The zero-order valence-corrected chi connectivity index (χ0v) is 13.7. The number of rotatable bonds is 5. The first-order chi connectivity index (χ1) is 11.6. The van der Waals surface area contributed by atoms with Crippen molar-refractivity contribution < 1.29 is 4.92 Å². The number of non-ortho nitro benzene ring substituents is 1. The fraction of sp³-hybridized carbons (Fsp3) is 0.0588. The fourth-order valence-electron chi connectivity index (χ4n) is 2.09. The Morgan fingerprint density at radius 2 is 1.88 bits per heavy atom. The molecular formula is C17H14N4O2S. The third-order valence-electron chi connectivity index (χ3n) is 3.39. The van der Waals surface area contributed by atoms with Gasteiger partial charge < -0.3 is 0 Å². The van der Waals surface area contributed by atoms with Crippen LogP contribution in [0.4, 0.5) is 10.8 Å². The summed E-state index contributed by atoms with van der Waals surface area (Å²) in [7, 11) is 0. The third kappa shape index (κ3) is 3.64. The Kier molecular flexibility index (Phi) is 4.62. The molecule has 0 atom stereocenters. The van der Waals surface area contributed by atoms with Gasteiger partial charge in [0.25, 0.3) is 5.69 Å². The van der Waals surface area contributed by atoms with E-state index < -0.39 is 4.92 Å². The van der Waals surface area contributed by atoms with Crippen LogP contribution in [-0.4, -0.2) is 15.6 Å². The fourth-order valence-corrected chi connectivity index (χ4v) is 2.75. The average molecular weight is 338 g/mol. The molecule has 3 rings (SSSR count). The maximum atomic E-state index is 10.7. The molecule has 0 fully saturated rings. The van der Waals surface area contributed by atoms with E-state index >= 15 is 0 Å². The molecular weight excluding hydrogens is 324 g/mol. The normalized spacial score (nSPS) is 11.3. The van der Waals surface area contributed by atoms with Gasteiger partial charge >= 0.3 is 0 Å². The zero-order chi connectivity index (χ0) is 16.9. The van der Waals surface area contributed by atoms with Crippen LogP contribution in [0.2, 0.25) is 0 Å². The molecule has 24 heavy (non-hydrogen) atoms. The van der Waals surface area contributed by atoms with Gasteiger partial charge in [-0.3, -0.25) is 15.5 Å². The summed E-state index contributed by atoms with van der Waals surface area (Å²) in [6.45, 7) is 1.92. The van der Waals surface area contributed by atoms with Crippen molar-refractivity contribution in [1.82, 2.24) is 4.98 Å². The van der Waals surface area contributed by atoms with Crippen molar-refractivity contribution in [3.05, 3.63) is 75.7 Å². The van der Waals surface area contributed by atoms with E-state index in [1.54, 1.807) is 12.1 Å². The third-order valence-corrected chi connectivity index (χ3v) is 4.14. The standard InChI is InChI=1S/C17H14N4O2S/c1-12(13-5-3-2-4-6-13)19-20-17-18-16(11-24-17)14-7-9-15(10-8-14)21(22)23/h2-11H,1H3,(H,18,20)/b19-12+. The summed E-state index contributed by atoms with van der Waals surface area (Å²) in [4.78, 5) is 14.7. The van der Waals surface area contributed by atoms with Gasteiger partial charge in [-0.1, -0.05) is 30.3 Å². The highest BCUT2D eigenvalue weighted by atomic mass is 32.1. The molecule has 2 aromatic carbocycles. The number of hydrogen-bond donors (Lipinski definition) is 1. The predicted octanol–water partition coefficient (Wildman–Crippen LogP) is 4.55. The molecule has 0 spiro atoms. The lowest BCUT2D eigenvalue weighted by atomic mass is 10.1. The molecule has 7 heteroatoms. The molecule has 0 aliphatic rings. The minimum absolute atomic E-state index is 0.0652. The first kappa shape index (κ1) is 15.8. The molecule has 0 aliphatic carbocycles. The van der Waals surface area contributed by atoms with Crippen LogP contribution in [0, 0.1) is 10.1 Å². The number of hydrogen-bond acceptors (Lipinski definition) is 6. The quantitative estimate of drug-likeness (QED) is 0.420. The molecule has 0 unspecified atom stereocenters. The summed E-state index contributed by atoms with van der Waals surface area (Å²) >= 11 is 1.43. The Hall–Kier alpha value is -3.06. The first-order valence-electron chi connectivity index (χ1n) is 7.19. The van der Waals surface area contributed by atoms with Crippen LogP contribution in [0.15, 0.2) is 65.1 Å². The number of nitrogens with one attached hydrogen (secondary N) is 1. The van der Waals surface area contributed by atoms with Crippen molar-refractivity contribution in [3.8, 4) is 11.3 Å². The lowest BCUT2D eigenvalue weighted by Crippen LogP contribution is -1.99. The van der Waals surface area contributed by atoms with E-state index in [-0.39, 0.29) is 5.69 Å². The molecule has 1 N–H and O–H groups in total. The molecule has 0 radical (unpaired) electrons. The molecule has 0 bridgehead atoms. The predicted molar refractivity (Wildman–Crippen MR) is 96.5 cm³/mol. The van der Waals surface area contributed by atoms with Gasteiger partial charge in [0.05, 0.1) is 16.3 Å². The van der Waals surface area contributed by atoms with E-state index in [4.69, 9.17) is 0 Å². The maximum Gasteiger partial charge on any atom is 0.269 e. The number of aromatic nitrogens is 1. The minimum Gasteiger partial charge on any atom is -0.258 e. The number of anilines is 1. The largest absolute Gasteiger partial charge is 0.269 e. The number of thiazole rings is 1. The number of nitro benzene ring substituents is 1. The summed E-state index contributed by atoms with van der Waals surface area (Å²) in [6.07, 6.45) is 0. The summed E-state index contributed by atoms with van der Waals surface area (Å²) < 4.78 is 0. The van der Waals surface area contributed by atoms with E-state index in [0.717, 1.165) is 22.5 Å². The van der Waals surface area contributed by atoms with Gasteiger partial charge in [0.15, 0.2) is 0 Å². The highest BCUT2D eigenvalue weighted by molar-refractivity contribution is 7.14. The van der Waals surface area contributed by atoms with Crippen molar-refractivity contribution in [1.29, 1.82) is 0 Å². The molecule has 0 saturated carbocycles. The molecule has 1 aromatic heterocycles. The molecule has 3 aromatic rings. The Bertz CT molecular complexity index is 873. The molecule has 0 amide bonds. The second-order valence-electron chi connectivity index (χ2n) is 5.02. The molecule has 120 valence electrons. The molecule has 1 heterocycles. The molecule has 0 aliphatic heterocycles. The zero-order valence-electron chi connectivity index (χ0n) is 12.8. The first-order valence-corrected chi connectivity index (χ1v) is 8.07. The number of nitro groups is 1. The van der Waals surface area contributed by atoms with Crippen LogP contribution in [0.1, 0.15) is 12.5 Å². The van der Waals surface area contributed by atoms with Gasteiger partial charge in [-0.2, -0.15) is 5.10 Å². The van der Waals surface area contributed by atoms with E-state index in [0.29, 0.717) is 5.13 Å². The molecule has 0 saturated heterocycles. The van der Waals surface area contributed by atoms with Gasteiger partial charge in [-0.05, 0) is 24.6 Å². The number of nitrogens with zero attached hydrogens (tertiary/aromatic N) is 3. The SMILES string of the molecule is C/C(=N\Nc1nc(-c2ccc([N+](=O)[O-])cc2)cs1)c1ccccc1. The van der Waals surface area contributed by atoms with Crippen LogP contribution in [0.5, 0.6) is 0 Å². The monoisotopic (exact) mass is 338 g/mol. The second kappa shape index (κ2) is 7.01. The van der Waals surface area contributed by atoms with Gasteiger partial charge in [-0.25, -0.2) is 4.98 Å². The van der Waals surface area contributed by atoms with Crippen molar-refractivity contribution in [2.45, 2.75) is 6.92 Å². The minimum atomic E-state index is -0.418. The van der Waals surface area contributed by atoms with Crippen LogP contribution in [-0.2, 0) is 0 Å². The Morgan fingerprint density at radius 3 is 2.54 bits per heavy atom. The lowest BCUT2D eigenvalue weighted by Gasteiger charge is -2.00. The van der Waals surface area contributed by atoms with Crippen LogP contribution in [0.3, 0.4) is 0 Å². The Balaban J connectivity index is 1.72. The maximum absolute atomic E-state index is 10.7. The van der Waals surface area contributed by atoms with E-state index in [1.807, 2.05) is 42.6 Å². The van der Waals surface area contributed by atoms with Crippen molar-refractivity contribution >= 4 is 27.9 Å². The summed E-state index contributed by atoms with van der Waals surface area (Å²) in [5, 5.41) is 17.6. The average Bonchev–Trinajstić information content (AvgIpc) is 3.09. The van der Waals surface area contributed by atoms with Gasteiger partial charge in [0.2, 0.25) is 5.13 Å². The van der Waals surface area contributed by atoms with Crippen molar-refractivity contribution in [2.24, 2.45) is 5.10 Å². The van der Waals surface area contributed by atoms with Gasteiger partial charge in [0, 0.05) is 23.1 Å². The van der Waals surface area contributed by atoms with Crippen molar-refractivity contribution in [3.63, 3.8) is 0 Å². The Morgan fingerprint density at radius 1 is 1.17 bits per heavy atom. The van der Waals surface area contributed by atoms with Gasteiger partial charge in [-0.15, -0.1) is 11.3 Å². The highest BCUT2D eigenvalue weighted by Gasteiger charge is 2.08. The Labute approximate surface area is 142 Å². The number of hydrazone groups is 1. The number of benzene rings is 2. The summed E-state index contributed by atoms with van der Waals surface area (Å²) in [6, 6.07) is 16.2. The smallest absolute Gasteiger partial charge is 0.258 e. The second-order valence-corrected chi connectivity index (χ2v) is 5.88. The van der Waals surface area contributed by atoms with Crippen molar-refractivity contribution in [2.75, 3.05) is 5.43 Å². The van der Waals surface area contributed by atoms with E-state index in [9.17, 15) is 10.1 Å². The van der Waals surface area contributed by atoms with E-state index in [2.05, 4.69) is 15.5 Å². The lowest BCUT2D eigenvalue weighted by molar-refractivity contribution is -0.384. The van der Waals surface area contributed by atoms with Crippen LogP contribution < -0.4 is 5.43 Å². The van der Waals surface area contributed by atoms with Gasteiger partial charge in [0.1, 0.15) is 0 Å². The molecule has 6 nitrogen and oxygen atoms in total. The topological polar surface area (TPSA) is 80.4 Å². The highest BCUT2D eigenvalue weighted by Crippen LogP contribution is 2.26. The summed E-state index contributed by atoms with van der Waals surface area (Å²) in [5.41, 5.74) is 6.50.